The molecule has 0 saturated heterocycles. The minimum atomic E-state index is 0. The molecule has 0 bridgehead atoms. The first-order valence-corrected chi connectivity index (χ1v) is 36.0. The van der Waals surface area contributed by atoms with Crippen molar-refractivity contribution >= 4 is 21.5 Å². The van der Waals surface area contributed by atoms with Crippen LogP contribution in [-0.4, -0.2) is 29.9 Å². The molecule has 14 aromatic rings. The maximum atomic E-state index is 4.90. The van der Waals surface area contributed by atoms with Gasteiger partial charge in [0.15, 0.2) is 17.5 Å². The normalized spacial score (nSPS) is 11.5. The Bertz CT molecular complexity index is 4960. The summed E-state index contributed by atoms with van der Waals surface area (Å²) in [4.78, 5) is 28.7. The van der Waals surface area contributed by atoms with E-state index in [1.165, 1.54) is 97.5 Å². The number of nitrogens with zero attached hydrogens (tertiary/aromatic N) is 6. The van der Waals surface area contributed by atoms with Gasteiger partial charge in [-0.2, -0.15) is 0 Å². The number of aryl methyl sites for hydroxylation is 1. The van der Waals surface area contributed by atoms with E-state index in [2.05, 4.69) is 324 Å². The Balaban J connectivity index is 0.000000173. The summed E-state index contributed by atoms with van der Waals surface area (Å²) < 4.78 is 0. The van der Waals surface area contributed by atoms with E-state index in [0.717, 1.165) is 67.8 Å². The van der Waals surface area contributed by atoms with E-state index in [1.54, 1.807) is 0 Å². The molecule has 104 heavy (non-hydrogen) atoms. The third-order valence-electron chi connectivity index (χ3n) is 19.0. The van der Waals surface area contributed by atoms with Crippen molar-refractivity contribution in [3.05, 3.63) is 313 Å². The van der Waals surface area contributed by atoms with Gasteiger partial charge in [-0.05, 0) is 141 Å². The van der Waals surface area contributed by atoms with Gasteiger partial charge < -0.3 is 15.0 Å². The zero-order valence-electron chi connectivity index (χ0n) is 62.3. The van der Waals surface area contributed by atoms with Crippen LogP contribution in [-0.2, 0) is 68.3 Å². The molecule has 528 valence electrons. The topological polar surface area (TPSA) is 77.3 Å². The van der Waals surface area contributed by atoms with E-state index < -0.39 is 0 Å². The molecule has 6 nitrogen and oxygen atoms in total. The summed E-state index contributed by atoms with van der Waals surface area (Å²) >= 11 is 0. The first-order chi connectivity index (χ1) is 49.0. The molecule has 8 heteroatoms. The molecule has 0 unspecified atom stereocenters. The van der Waals surface area contributed by atoms with Crippen LogP contribution in [0.15, 0.2) is 267 Å². The third kappa shape index (κ3) is 19.3. The van der Waals surface area contributed by atoms with E-state index in [0.29, 0.717) is 17.5 Å². The quantitative estimate of drug-likeness (QED) is 0.0797. The minimum Gasteiger partial charge on any atom is -0.304 e. The fraction of sp³-hybridized carbons (Fsp3) is 0.229. The van der Waals surface area contributed by atoms with Crippen molar-refractivity contribution < 1.29 is 40.2 Å². The first-order valence-electron chi connectivity index (χ1n) is 36.0. The zero-order chi connectivity index (χ0) is 71.6. The average Bonchev–Trinajstić information content (AvgIpc) is 0.812. The number of aromatic nitrogens is 6. The second-order valence-corrected chi connectivity index (χ2v) is 30.8. The fourth-order valence-corrected chi connectivity index (χ4v) is 12.7. The molecular formula is C96H93Ir2N6-3. The maximum Gasteiger partial charge on any atom is 0.165 e. The number of pyridine rings is 3. The number of unbranched alkanes of at least 4 members (excludes halogenated alkanes) is 3. The molecule has 0 fully saturated rings. The van der Waals surface area contributed by atoms with Crippen LogP contribution in [0.4, 0.5) is 0 Å². The molecule has 0 N–H and O–H groups in total. The summed E-state index contributed by atoms with van der Waals surface area (Å²) in [6.45, 7) is 29.1. The van der Waals surface area contributed by atoms with Crippen molar-refractivity contribution in [2.24, 2.45) is 0 Å². The molecule has 0 aliphatic carbocycles. The van der Waals surface area contributed by atoms with E-state index in [1.807, 2.05) is 61.1 Å². The molecule has 0 amide bonds. The predicted molar refractivity (Wildman–Crippen MR) is 429 cm³/mol. The van der Waals surface area contributed by atoms with E-state index in [-0.39, 0.29) is 61.9 Å². The fourth-order valence-electron chi connectivity index (χ4n) is 12.7. The van der Waals surface area contributed by atoms with Gasteiger partial charge in [0.1, 0.15) is 0 Å². The van der Waals surface area contributed by atoms with Gasteiger partial charge in [0.25, 0.3) is 0 Å². The molecular weight excluding hydrogens is 1620 g/mol. The van der Waals surface area contributed by atoms with Crippen molar-refractivity contribution in [3.63, 3.8) is 0 Å². The zero-order valence-corrected chi connectivity index (χ0v) is 67.1. The smallest absolute Gasteiger partial charge is 0.165 e. The SMILES string of the molecule is CC(C)(C)c1ccc(-c2cc(-c3ccc(C(C)(C)C)cc3)cc(-c3cc[c-]c(-c4nccc5ccccc45)c3)c2)cc1.CC(C)(C)c1ccc(-c2nc(-c3ccc(C(C)(C)C)cc3)nc(-c3ccc(-c4[c-]cccc4)nc3)n2)cc1.CCCCCCc1c[c-]c(-c2nccc3ccccc23)cc1.[Ir].[Ir]. The molecule has 10 aromatic carbocycles. The van der Waals surface area contributed by atoms with Crippen LogP contribution >= 0.6 is 0 Å². The minimum absolute atomic E-state index is 0. The van der Waals surface area contributed by atoms with Crippen molar-refractivity contribution in [1.82, 2.24) is 29.9 Å². The van der Waals surface area contributed by atoms with Gasteiger partial charge in [0.05, 0.1) is 0 Å². The Labute approximate surface area is 645 Å². The van der Waals surface area contributed by atoms with Crippen LogP contribution in [0.2, 0.25) is 0 Å². The summed E-state index contributed by atoms with van der Waals surface area (Å²) in [5, 5.41) is 4.74. The average molecular weight is 1720 g/mol. The van der Waals surface area contributed by atoms with E-state index in [4.69, 9.17) is 19.9 Å². The molecule has 0 aliphatic heterocycles. The largest absolute Gasteiger partial charge is 0.304 e. The van der Waals surface area contributed by atoms with Crippen molar-refractivity contribution in [3.8, 4) is 101 Å². The summed E-state index contributed by atoms with van der Waals surface area (Å²) in [5.41, 5.74) is 22.8. The van der Waals surface area contributed by atoms with Crippen LogP contribution in [0.25, 0.3) is 123 Å². The summed E-state index contributed by atoms with van der Waals surface area (Å²) in [7, 11) is 0. The van der Waals surface area contributed by atoms with Gasteiger partial charge in [0.2, 0.25) is 0 Å². The molecule has 0 saturated carbocycles. The number of benzene rings is 10. The van der Waals surface area contributed by atoms with Gasteiger partial charge >= 0.3 is 0 Å². The van der Waals surface area contributed by atoms with Crippen LogP contribution in [0.5, 0.6) is 0 Å². The number of rotatable bonds is 14. The van der Waals surface area contributed by atoms with Gasteiger partial charge in [-0.3, -0.25) is 0 Å². The monoisotopic (exact) mass is 1720 g/mol. The maximum absolute atomic E-state index is 4.90. The Kier molecular flexibility index (Phi) is 25.2. The predicted octanol–water partition coefficient (Wildman–Crippen LogP) is 25.4. The van der Waals surface area contributed by atoms with Crippen LogP contribution in [0.3, 0.4) is 0 Å². The molecule has 14 rings (SSSR count). The second-order valence-electron chi connectivity index (χ2n) is 30.8. The third-order valence-corrected chi connectivity index (χ3v) is 19.0. The van der Waals surface area contributed by atoms with Crippen molar-refractivity contribution in [2.75, 3.05) is 0 Å². The molecule has 2 radical (unpaired) electrons. The van der Waals surface area contributed by atoms with Crippen molar-refractivity contribution in [2.45, 2.75) is 144 Å². The summed E-state index contributed by atoms with van der Waals surface area (Å²) in [6, 6.07) is 97.9. The second kappa shape index (κ2) is 33.9. The molecule has 4 aromatic heterocycles. The van der Waals surface area contributed by atoms with Crippen LogP contribution < -0.4 is 0 Å². The Morgan fingerprint density at radius 3 is 1.18 bits per heavy atom. The number of fused-ring (bicyclic) bond motifs is 2. The standard InChI is InChI=1S/C41H38N.C34H33N4.C21H22N.2Ir/c1-40(2,3)36-18-14-28(15-19-36)33-25-34(29-16-20-37(21-17-29)41(4,5)6)27-35(26-33)31-11-9-12-32(24-31)39-38-13-8-7-10-30(38)22-23-42-39;1-33(2,3)27-17-12-24(13-18-27)30-36-31(25-14-19-28(20-15-25)34(4,5)6)38-32(37-30)26-16-21-29(35-22-26)23-10-8-7-9-11-23;1-2-3-4-5-8-17-11-13-19(14-12-17)21-20-10-7-6-9-18(20)15-16-22-21;;/h7-11,13-27H,1-6H3;7-10,12-22H,1-6H3;6-7,9-13,15-16H,2-5,8H2,1H3;;/q3*-1;;. The van der Waals surface area contributed by atoms with Crippen LogP contribution in [0, 0.1) is 18.2 Å². The number of hydrogen-bond donors (Lipinski definition) is 0. The first kappa shape index (κ1) is 77.1. The Morgan fingerprint density at radius 1 is 0.317 bits per heavy atom. The molecule has 0 aliphatic rings. The van der Waals surface area contributed by atoms with Crippen LogP contribution in [0.1, 0.15) is 144 Å². The van der Waals surface area contributed by atoms with Crippen molar-refractivity contribution in [1.29, 1.82) is 0 Å². The Morgan fingerprint density at radius 2 is 0.750 bits per heavy atom. The Hall–Kier alpha value is -9.52. The van der Waals surface area contributed by atoms with Gasteiger partial charge in [-0.15, -0.1) is 107 Å². The molecule has 0 atom stereocenters. The van der Waals surface area contributed by atoms with Gasteiger partial charge in [-0.25, -0.2) is 15.0 Å². The summed E-state index contributed by atoms with van der Waals surface area (Å²) in [5.74, 6) is 1.89. The number of hydrogen-bond acceptors (Lipinski definition) is 6. The van der Waals surface area contributed by atoms with Gasteiger partial charge in [-0.1, -0.05) is 280 Å². The molecule has 4 heterocycles. The van der Waals surface area contributed by atoms with Gasteiger partial charge in [0, 0.05) is 75.5 Å². The van der Waals surface area contributed by atoms with E-state index >= 15 is 0 Å². The summed E-state index contributed by atoms with van der Waals surface area (Å²) in [6.07, 6.45) is 12.0. The molecule has 0 spiro atoms. The van der Waals surface area contributed by atoms with E-state index in [9.17, 15) is 0 Å².